The maximum absolute atomic E-state index is 12.5. The smallest absolute Gasteiger partial charge is 0.241 e. The molecule has 0 aromatic heterocycles. The first-order valence-corrected chi connectivity index (χ1v) is 8.75. The fourth-order valence-corrected chi connectivity index (χ4v) is 4.42. The first-order chi connectivity index (χ1) is 9.85. The largest absolute Gasteiger partial charge is 0.392 e. The molecule has 2 N–H and O–H groups in total. The fraction of sp³-hybridized carbons (Fsp3) is 0.571. The monoisotopic (exact) mass is 333 g/mol. The highest BCUT2D eigenvalue weighted by atomic mass is 35.5. The van der Waals surface area contributed by atoms with E-state index in [0.29, 0.717) is 17.7 Å². The number of benzene rings is 1. The number of hydrogen-bond donors (Lipinski definition) is 2. The van der Waals surface area contributed by atoms with Crippen molar-refractivity contribution in [3.05, 3.63) is 28.3 Å². The Morgan fingerprint density at radius 1 is 1.52 bits per heavy atom. The molecule has 1 aromatic carbocycles. The van der Waals surface area contributed by atoms with Crippen LogP contribution in [0.3, 0.4) is 0 Å². The van der Waals surface area contributed by atoms with Gasteiger partial charge in [-0.15, -0.1) is 0 Å². The summed E-state index contributed by atoms with van der Waals surface area (Å²) in [7, 11) is -3.71. The average molecular weight is 334 g/mol. The minimum absolute atomic E-state index is 0.100. The summed E-state index contributed by atoms with van der Waals surface area (Å²) in [6.07, 6.45) is 1.69. The molecular formula is C14H20ClNO4S. The highest BCUT2D eigenvalue weighted by Gasteiger charge is 2.28. The lowest BCUT2D eigenvalue weighted by atomic mass is 10.1. The maximum atomic E-state index is 12.5. The Balaban J connectivity index is 2.28. The zero-order valence-electron chi connectivity index (χ0n) is 12.1. The van der Waals surface area contributed by atoms with Crippen LogP contribution in [0.1, 0.15) is 30.9 Å². The summed E-state index contributed by atoms with van der Waals surface area (Å²) in [5, 5.41) is 9.58. The van der Waals surface area contributed by atoms with E-state index in [4.69, 9.17) is 16.3 Å². The van der Waals surface area contributed by atoms with Gasteiger partial charge in [0.25, 0.3) is 0 Å². The fourth-order valence-electron chi connectivity index (χ4n) is 2.53. The quantitative estimate of drug-likeness (QED) is 0.864. The predicted molar refractivity (Wildman–Crippen MR) is 80.9 cm³/mol. The van der Waals surface area contributed by atoms with Crippen molar-refractivity contribution in [1.82, 2.24) is 4.72 Å². The molecule has 1 aromatic rings. The van der Waals surface area contributed by atoms with Crippen molar-refractivity contribution in [3.8, 4) is 0 Å². The van der Waals surface area contributed by atoms with Gasteiger partial charge in [-0.3, -0.25) is 0 Å². The van der Waals surface area contributed by atoms with Gasteiger partial charge in [0, 0.05) is 17.7 Å². The van der Waals surface area contributed by atoms with Gasteiger partial charge in [-0.2, -0.15) is 0 Å². The highest BCUT2D eigenvalue weighted by Crippen LogP contribution is 2.25. The van der Waals surface area contributed by atoms with Crippen LogP contribution in [0.4, 0.5) is 0 Å². The van der Waals surface area contributed by atoms with Crippen LogP contribution < -0.4 is 4.72 Å². The molecule has 2 unspecified atom stereocenters. The van der Waals surface area contributed by atoms with Crippen LogP contribution in [0.25, 0.3) is 0 Å². The van der Waals surface area contributed by atoms with E-state index in [0.717, 1.165) is 12.8 Å². The molecule has 1 aliphatic rings. The SMILES string of the molecule is Cc1c(CO)cc(Cl)cc1S(=O)(=O)NC(C)C1CCCO1. The van der Waals surface area contributed by atoms with Crippen LogP contribution in [0, 0.1) is 6.92 Å². The third-order valence-electron chi connectivity index (χ3n) is 3.76. The van der Waals surface area contributed by atoms with Crippen LogP contribution in [0.2, 0.25) is 5.02 Å². The Labute approximate surface area is 130 Å². The standard InChI is InChI=1S/C14H20ClNO4S/c1-9-11(8-17)6-12(15)7-14(9)21(18,19)16-10(2)13-4-3-5-20-13/h6-7,10,13,16-17H,3-5,8H2,1-2H3. The van der Waals surface area contributed by atoms with Gasteiger partial charge >= 0.3 is 0 Å². The average Bonchev–Trinajstić information content (AvgIpc) is 2.94. The number of hydrogen-bond acceptors (Lipinski definition) is 4. The lowest BCUT2D eigenvalue weighted by Crippen LogP contribution is -2.41. The Hall–Kier alpha value is -0.660. The van der Waals surface area contributed by atoms with Gasteiger partial charge in [0.2, 0.25) is 10.0 Å². The van der Waals surface area contributed by atoms with E-state index in [1.165, 1.54) is 6.07 Å². The minimum Gasteiger partial charge on any atom is -0.392 e. The second kappa shape index (κ2) is 6.62. The van der Waals surface area contributed by atoms with Crippen molar-refractivity contribution in [2.45, 2.75) is 50.3 Å². The molecule has 1 fully saturated rings. The molecule has 5 nitrogen and oxygen atoms in total. The van der Waals surface area contributed by atoms with Crippen molar-refractivity contribution < 1.29 is 18.3 Å². The number of aliphatic hydroxyl groups excluding tert-OH is 1. The van der Waals surface area contributed by atoms with Crippen molar-refractivity contribution in [3.63, 3.8) is 0 Å². The van der Waals surface area contributed by atoms with E-state index in [9.17, 15) is 13.5 Å². The summed E-state index contributed by atoms with van der Waals surface area (Å²) >= 11 is 5.94. The van der Waals surface area contributed by atoms with Crippen molar-refractivity contribution in [2.24, 2.45) is 0 Å². The molecule has 21 heavy (non-hydrogen) atoms. The van der Waals surface area contributed by atoms with E-state index in [2.05, 4.69) is 4.72 Å². The summed E-state index contributed by atoms with van der Waals surface area (Å²) in [5.41, 5.74) is 1.02. The van der Waals surface area contributed by atoms with E-state index < -0.39 is 10.0 Å². The third kappa shape index (κ3) is 3.76. The molecule has 1 saturated heterocycles. The van der Waals surface area contributed by atoms with Gasteiger partial charge in [-0.1, -0.05) is 11.6 Å². The zero-order valence-corrected chi connectivity index (χ0v) is 13.7. The summed E-state index contributed by atoms with van der Waals surface area (Å²) in [6.45, 7) is 3.87. The highest BCUT2D eigenvalue weighted by molar-refractivity contribution is 7.89. The number of ether oxygens (including phenoxy) is 1. The second-order valence-electron chi connectivity index (χ2n) is 5.31. The molecule has 2 atom stereocenters. The first kappa shape index (κ1) is 16.7. The van der Waals surface area contributed by atoms with Gasteiger partial charge in [0.05, 0.1) is 17.6 Å². The third-order valence-corrected chi connectivity index (χ3v) is 5.66. The Kier molecular flexibility index (Phi) is 5.27. The predicted octanol–water partition coefficient (Wildman–Crippen LogP) is 1.99. The molecule has 0 spiro atoms. The van der Waals surface area contributed by atoms with Crippen LogP contribution in [0.5, 0.6) is 0 Å². The Bertz CT molecular complexity index is 612. The number of nitrogens with one attached hydrogen (secondary N) is 1. The summed E-state index contributed by atoms with van der Waals surface area (Å²) in [6, 6.07) is 2.66. The molecule has 0 amide bonds. The van der Waals surface area contributed by atoms with Gasteiger partial charge in [0.15, 0.2) is 0 Å². The van der Waals surface area contributed by atoms with Crippen LogP contribution in [0.15, 0.2) is 17.0 Å². The molecular weight excluding hydrogens is 314 g/mol. The molecule has 7 heteroatoms. The molecule has 0 bridgehead atoms. The van der Waals surface area contributed by atoms with E-state index in [-0.39, 0.29) is 28.7 Å². The molecule has 1 aliphatic heterocycles. The minimum atomic E-state index is -3.71. The lowest BCUT2D eigenvalue weighted by molar-refractivity contribution is 0.0902. The molecule has 2 rings (SSSR count). The zero-order chi connectivity index (χ0) is 15.6. The van der Waals surface area contributed by atoms with E-state index in [1.807, 2.05) is 0 Å². The van der Waals surface area contributed by atoms with Gasteiger partial charge in [-0.25, -0.2) is 13.1 Å². The van der Waals surface area contributed by atoms with Gasteiger partial charge < -0.3 is 9.84 Å². The lowest BCUT2D eigenvalue weighted by Gasteiger charge is -2.21. The molecule has 118 valence electrons. The van der Waals surface area contributed by atoms with Crippen molar-refractivity contribution in [1.29, 1.82) is 0 Å². The number of halogens is 1. The first-order valence-electron chi connectivity index (χ1n) is 6.89. The molecule has 0 radical (unpaired) electrons. The normalized spacial score (nSPS) is 20.7. The summed E-state index contributed by atoms with van der Waals surface area (Å²) in [4.78, 5) is 0.101. The Morgan fingerprint density at radius 2 is 2.24 bits per heavy atom. The number of sulfonamides is 1. The van der Waals surface area contributed by atoms with Crippen molar-refractivity contribution in [2.75, 3.05) is 6.61 Å². The molecule has 1 heterocycles. The van der Waals surface area contributed by atoms with Crippen LogP contribution in [-0.2, 0) is 21.4 Å². The Morgan fingerprint density at radius 3 is 2.81 bits per heavy atom. The van der Waals surface area contributed by atoms with Gasteiger partial charge in [-0.05, 0) is 49.9 Å². The van der Waals surface area contributed by atoms with Gasteiger partial charge in [0.1, 0.15) is 0 Å². The van der Waals surface area contributed by atoms with E-state index in [1.54, 1.807) is 19.9 Å². The summed E-state index contributed by atoms with van der Waals surface area (Å²) in [5.74, 6) is 0. The number of aliphatic hydroxyl groups is 1. The summed E-state index contributed by atoms with van der Waals surface area (Å²) < 4.78 is 33.2. The maximum Gasteiger partial charge on any atom is 0.241 e. The van der Waals surface area contributed by atoms with Crippen molar-refractivity contribution >= 4 is 21.6 Å². The number of rotatable bonds is 5. The molecule has 0 aliphatic carbocycles. The van der Waals surface area contributed by atoms with E-state index >= 15 is 0 Å². The van der Waals surface area contributed by atoms with Crippen LogP contribution >= 0.6 is 11.6 Å². The molecule has 0 saturated carbocycles. The topological polar surface area (TPSA) is 75.6 Å². The van der Waals surface area contributed by atoms with Crippen LogP contribution in [-0.4, -0.2) is 32.3 Å². The second-order valence-corrected chi connectivity index (χ2v) is 7.43.